The Morgan fingerprint density at radius 3 is 2.76 bits per heavy atom. The molecule has 2 aliphatic rings. The van der Waals surface area contributed by atoms with Crippen LogP contribution in [0.15, 0.2) is 4.99 Å². The van der Waals surface area contributed by atoms with Gasteiger partial charge in [-0.25, -0.2) is 4.99 Å². The highest BCUT2D eigenvalue weighted by Gasteiger charge is 2.31. The molecule has 0 spiro atoms. The Morgan fingerprint density at radius 2 is 2.24 bits per heavy atom. The highest BCUT2D eigenvalue weighted by atomic mass is 16.2. The predicted octanol–water partition coefficient (Wildman–Crippen LogP) is -1.50. The summed E-state index contributed by atoms with van der Waals surface area (Å²) in [7, 11) is 0. The van der Waals surface area contributed by atoms with Crippen LogP contribution >= 0.6 is 0 Å². The number of nitrogens with zero attached hydrogens (tertiary/aromatic N) is 1. The monoisotopic (exact) mass is 238 g/mol. The molecule has 0 bridgehead atoms. The zero-order valence-corrected chi connectivity index (χ0v) is 9.45. The number of amides is 3. The molecular formula is C10H14N4O3. The number of carbonyl (C=O) groups excluding carboxylic acids is 3. The predicted molar refractivity (Wildman–Crippen MR) is 58.9 cm³/mol. The summed E-state index contributed by atoms with van der Waals surface area (Å²) >= 11 is 0. The summed E-state index contributed by atoms with van der Waals surface area (Å²) in [6.45, 7) is 1.78. The molecule has 2 rings (SSSR count). The van der Waals surface area contributed by atoms with Crippen molar-refractivity contribution in [3.05, 3.63) is 0 Å². The number of carbonyl (C=O) groups is 3. The maximum Gasteiger partial charge on any atom is 0.248 e. The van der Waals surface area contributed by atoms with E-state index < -0.39 is 0 Å². The fourth-order valence-corrected chi connectivity index (χ4v) is 1.86. The van der Waals surface area contributed by atoms with Gasteiger partial charge in [-0.3, -0.25) is 25.0 Å². The van der Waals surface area contributed by atoms with Gasteiger partial charge in [0.2, 0.25) is 23.7 Å². The molecule has 0 saturated carbocycles. The van der Waals surface area contributed by atoms with Gasteiger partial charge in [0.15, 0.2) is 0 Å². The first-order valence-electron chi connectivity index (χ1n) is 5.51. The molecule has 92 valence electrons. The van der Waals surface area contributed by atoms with Crippen LogP contribution < -0.4 is 16.0 Å². The fraction of sp³-hybridized carbons (Fsp3) is 0.600. The first-order valence-corrected chi connectivity index (χ1v) is 5.51. The number of guanidine groups is 1. The van der Waals surface area contributed by atoms with Gasteiger partial charge in [-0.1, -0.05) is 6.92 Å². The lowest BCUT2D eigenvalue weighted by Crippen LogP contribution is -2.46. The van der Waals surface area contributed by atoms with Crippen LogP contribution in [0.1, 0.15) is 19.8 Å². The summed E-state index contributed by atoms with van der Waals surface area (Å²) in [5.74, 6) is -0.667. The highest BCUT2D eigenvalue weighted by Crippen LogP contribution is 2.15. The van der Waals surface area contributed by atoms with E-state index >= 15 is 0 Å². The molecule has 3 amide bonds. The molecule has 0 aromatic heterocycles. The summed E-state index contributed by atoms with van der Waals surface area (Å²) in [6, 6.07) is -0.139. The molecule has 17 heavy (non-hydrogen) atoms. The van der Waals surface area contributed by atoms with Crippen molar-refractivity contribution in [1.29, 1.82) is 0 Å². The van der Waals surface area contributed by atoms with E-state index in [4.69, 9.17) is 0 Å². The zero-order chi connectivity index (χ0) is 12.4. The lowest BCUT2D eigenvalue weighted by Gasteiger charge is -2.18. The normalized spacial score (nSPS) is 25.0. The lowest BCUT2D eigenvalue weighted by molar-refractivity contribution is -0.124. The van der Waals surface area contributed by atoms with E-state index in [0.29, 0.717) is 12.8 Å². The standard InChI is InChI=1S/C10H14N4O3/c1-5(6-2-3-7(15)12-6)9(17)14-10-11-4-8(16)13-10/h5-6H,2-4H2,1H3,(H,12,15)(H2,11,13,14,16,17). The Bertz CT molecular complexity index is 404. The Hall–Kier alpha value is -1.92. The van der Waals surface area contributed by atoms with Gasteiger partial charge in [-0.15, -0.1) is 0 Å². The van der Waals surface area contributed by atoms with E-state index in [9.17, 15) is 14.4 Å². The van der Waals surface area contributed by atoms with Gasteiger partial charge in [0.25, 0.3) is 0 Å². The lowest BCUT2D eigenvalue weighted by atomic mass is 10.00. The van der Waals surface area contributed by atoms with Crippen molar-refractivity contribution >= 4 is 23.7 Å². The number of aliphatic imine (C=N–C) groups is 1. The Kier molecular flexibility index (Phi) is 3.08. The van der Waals surface area contributed by atoms with Crippen molar-refractivity contribution in [3.8, 4) is 0 Å². The van der Waals surface area contributed by atoms with E-state index in [1.165, 1.54) is 0 Å². The topological polar surface area (TPSA) is 99.7 Å². The second kappa shape index (κ2) is 4.52. The van der Waals surface area contributed by atoms with Gasteiger partial charge in [0.1, 0.15) is 6.54 Å². The quantitative estimate of drug-likeness (QED) is 0.546. The third kappa shape index (κ3) is 2.61. The van der Waals surface area contributed by atoms with Crippen LogP contribution in [0.2, 0.25) is 0 Å². The fourth-order valence-electron chi connectivity index (χ4n) is 1.86. The van der Waals surface area contributed by atoms with Gasteiger partial charge in [0.05, 0.1) is 5.92 Å². The zero-order valence-electron chi connectivity index (χ0n) is 9.45. The first-order chi connectivity index (χ1) is 8.06. The minimum Gasteiger partial charge on any atom is -0.353 e. The van der Waals surface area contributed by atoms with Crippen molar-refractivity contribution in [2.45, 2.75) is 25.8 Å². The van der Waals surface area contributed by atoms with Crippen molar-refractivity contribution in [2.75, 3.05) is 6.54 Å². The molecule has 0 aromatic carbocycles. The van der Waals surface area contributed by atoms with Crippen molar-refractivity contribution in [1.82, 2.24) is 16.0 Å². The molecule has 2 atom stereocenters. The summed E-state index contributed by atoms with van der Waals surface area (Å²) in [4.78, 5) is 37.5. The maximum atomic E-state index is 11.8. The molecule has 7 heteroatoms. The number of hydrogen-bond acceptors (Lipinski definition) is 4. The van der Waals surface area contributed by atoms with Crippen LogP contribution in [0, 0.1) is 5.92 Å². The van der Waals surface area contributed by atoms with Crippen molar-refractivity contribution in [3.63, 3.8) is 0 Å². The molecule has 2 heterocycles. The molecule has 0 radical (unpaired) electrons. The number of nitrogens with one attached hydrogen (secondary N) is 3. The Labute approximate surface area is 98.0 Å². The smallest absolute Gasteiger partial charge is 0.248 e. The molecule has 0 aromatic rings. The average molecular weight is 238 g/mol. The van der Waals surface area contributed by atoms with E-state index in [1.54, 1.807) is 6.92 Å². The van der Waals surface area contributed by atoms with Gasteiger partial charge in [0, 0.05) is 12.5 Å². The second-order valence-corrected chi connectivity index (χ2v) is 4.20. The Morgan fingerprint density at radius 1 is 1.47 bits per heavy atom. The third-order valence-electron chi connectivity index (χ3n) is 2.93. The van der Waals surface area contributed by atoms with Crippen LogP contribution in [0.4, 0.5) is 0 Å². The molecule has 0 aliphatic carbocycles. The summed E-state index contributed by atoms with van der Waals surface area (Å²) in [5, 5.41) is 7.70. The SMILES string of the molecule is CC(C(=O)NC1=NCC(=O)N1)C1CCC(=O)N1. The minimum atomic E-state index is -0.346. The van der Waals surface area contributed by atoms with E-state index in [2.05, 4.69) is 20.9 Å². The van der Waals surface area contributed by atoms with Gasteiger partial charge in [-0.2, -0.15) is 0 Å². The third-order valence-corrected chi connectivity index (χ3v) is 2.93. The molecule has 7 nitrogen and oxygen atoms in total. The summed E-state index contributed by atoms with van der Waals surface area (Å²) < 4.78 is 0. The highest BCUT2D eigenvalue weighted by molar-refractivity contribution is 6.09. The Balaban J connectivity index is 1.87. The van der Waals surface area contributed by atoms with Crippen LogP contribution in [-0.4, -0.2) is 36.3 Å². The largest absolute Gasteiger partial charge is 0.353 e. The first kappa shape index (κ1) is 11.6. The molecule has 2 unspecified atom stereocenters. The number of hydrogen-bond donors (Lipinski definition) is 3. The van der Waals surface area contributed by atoms with Crippen molar-refractivity contribution < 1.29 is 14.4 Å². The van der Waals surface area contributed by atoms with E-state index in [-0.39, 0.29) is 42.2 Å². The minimum absolute atomic E-state index is 0.0267. The molecule has 1 saturated heterocycles. The van der Waals surface area contributed by atoms with Crippen LogP contribution in [0.3, 0.4) is 0 Å². The van der Waals surface area contributed by atoms with Crippen molar-refractivity contribution in [2.24, 2.45) is 10.9 Å². The number of rotatable bonds is 2. The van der Waals surface area contributed by atoms with Crippen LogP contribution in [0.5, 0.6) is 0 Å². The molecule has 3 N–H and O–H groups in total. The van der Waals surface area contributed by atoms with Crippen LogP contribution in [0.25, 0.3) is 0 Å². The van der Waals surface area contributed by atoms with Gasteiger partial charge in [-0.05, 0) is 6.42 Å². The average Bonchev–Trinajstić information content (AvgIpc) is 2.87. The summed E-state index contributed by atoms with van der Waals surface area (Å²) in [6.07, 6.45) is 1.12. The molecular weight excluding hydrogens is 224 g/mol. The maximum absolute atomic E-state index is 11.8. The second-order valence-electron chi connectivity index (χ2n) is 4.20. The van der Waals surface area contributed by atoms with E-state index in [1.807, 2.05) is 0 Å². The molecule has 2 aliphatic heterocycles. The van der Waals surface area contributed by atoms with E-state index in [0.717, 1.165) is 0 Å². The van der Waals surface area contributed by atoms with Gasteiger partial charge >= 0.3 is 0 Å². The summed E-state index contributed by atoms with van der Waals surface area (Å²) in [5.41, 5.74) is 0. The molecule has 1 fully saturated rings. The van der Waals surface area contributed by atoms with Gasteiger partial charge < -0.3 is 5.32 Å². The van der Waals surface area contributed by atoms with Crippen LogP contribution in [-0.2, 0) is 14.4 Å².